The highest BCUT2D eigenvalue weighted by Crippen LogP contribution is 2.47. The number of carbonyl (C=O) groups is 2. The number of Topliss-reactive ketones (excluding diaryl/α,β-unsaturated/α-hetero) is 1. The third kappa shape index (κ3) is 3.47. The van der Waals surface area contributed by atoms with Crippen LogP contribution in [0.3, 0.4) is 0 Å². The Morgan fingerprint density at radius 3 is 2.72 bits per heavy atom. The minimum atomic E-state index is -0.530. The van der Waals surface area contributed by atoms with Crippen molar-refractivity contribution < 1.29 is 23.5 Å². The van der Waals surface area contributed by atoms with Crippen LogP contribution in [0.15, 0.2) is 29.4 Å². The normalized spacial score (nSPS) is 23.6. The van der Waals surface area contributed by atoms with Crippen LogP contribution in [0.4, 0.5) is 15.9 Å². The molecular formula is C24H26FN3O4. The SMILES string of the molecule is COC(=O)c1ccc(N2CCC3(CC2)CC(=O)C3)cc1OC1C=Nc2[nH]cc(F)c2C1C. The number of ketones is 1. The van der Waals surface area contributed by atoms with Gasteiger partial charge in [0.2, 0.25) is 0 Å². The molecule has 7 nitrogen and oxygen atoms in total. The van der Waals surface area contributed by atoms with Crippen molar-refractivity contribution in [2.45, 2.75) is 44.6 Å². The zero-order valence-corrected chi connectivity index (χ0v) is 18.2. The molecule has 1 saturated carbocycles. The number of fused-ring (bicyclic) bond motifs is 1. The van der Waals surface area contributed by atoms with Crippen LogP contribution in [0.2, 0.25) is 0 Å². The Labute approximate surface area is 185 Å². The summed E-state index contributed by atoms with van der Waals surface area (Å²) >= 11 is 0. The van der Waals surface area contributed by atoms with Gasteiger partial charge in [-0.25, -0.2) is 14.2 Å². The van der Waals surface area contributed by atoms with Gasteiger partial charge in [0.05, 0.1) is 7.11 Å². The van der Waals surface area contributed by atoms with Crippen LogP contribution in [0.25, 0.3) is 0 Å². The molecule has 3 aliphatic rings. The van der Waals surface area contributed by atoms with Gasteiger partial charge in [-0.3, -0.25) is 4.79 Å². The van der Waals surface area contributed by atoms with Crippen molar-refractivity contribution in [3.8, 4) is 5.75 Å². The molecule has 2 aromatic rings. The number of nitrogens with zero attached hydrogens (tertiary/aromatic N) is 2. The first-order valence-electron chi connectivity index (χ1n) is 11.0. The van der Waals surface area contributed by atoms with Gasteiger partial charge in [0.15, 0.2) is 0 Å². The topological polar surface area (TPSA) is 84.0 Å². The largest absolute Gasteiger partial charge is 0.483 e. The summed E-state index contributed by atoms with van der Waals surface area (Å²) < 4.78 is 25.4. The molecule has 1 spiro atoms. The molecule has 168 valence electrons. The standard InChI is InChI=1S/C24H26FN3O4/c1-14-20(13-27-22-21(14)18(25)12-26-22)32-19-9-15(3-4-17(19)23(30)31-2)28-7-5-24(6-8-28)10-16(29)11-24/h3-4,9,12-14,20,26H,5-8,10-11H2,1-2H3. The zero-order chi connectivity index (χ0) is 22.5. The number of aromatic nitrogens is 1. The molecule has 1 aromatic carbocycles. The average molecular weight is 439 g/mol. The fourth-order valence-corrected chi connectivity index (χ4v) is 5.12. The lowest BCUT2D eigenvalue weighted by Gasteiger charge is -2.47. The number of benzene rings is 1. The zero-order valence-electron chi connectivity index (χ0n) is 18.2. The van der Waals surface area contributed by atoms with Gasteiger partial charge in [0.1, 0.15) is 34.8 Å². The summed E-state index contributed by atoms with van der Waals surface area (Å²) in [6.07, 6.45) is 5.76. The van der Waals surface area contributed by atoms with Crippen molar-refractivity contribution in [1.82, 2.24) is 4.98 Å². The number of ether oxygens (including phenoxy) is 2. The smallest absolute Gasteiger partial charge is 0.341 e. The highest BCUT2D eigenvalue weighted by atomic mass is 19.1. The van der Waals surface area contributed by atoms with Crippen LogP contribution >= 0.6 is 0 Å². The number of piperidine rings is 1. The molecule has 2 unspecified atom stereocenters. The second-order valence-corrected chi connectivity index (χ2v) is 9.10. The Bertz CT molecular complexity index is 1090. The third-order valence-corrected chi connectivity index (χ3v) is 7.11. The number of hydrogen-bond donors (Lipinski definition) is 1. The van der Waals surface area contributed by atoms with Gasteiger partial charge in [0, 0.05) is 61.6 Å². The summed E-state index contributed by atoms with van der Waals surface area (Å²) in [4.78, 5) is 33.2. The lowest BCUT2D eigenvalue weighted by molar-refractivity contribution is -0.133. The summed E-state index contributed by atoms with van der Waals surface area (Å²) in [5.74, 6) is 0.114. The molecule has 0 bridgehead atoms. The molecule has 5 rings (SSSR count). The van der Waals surface area contributed by atoms with E-state index in [9.17, 15) is 14.0 Å². The van der Waals surface area contributed by atoms with Gasteiger partial charge in [0.25, 0.3) is 0 Å². The number of esters is 1. The second kappa shape index (κ2) is 7.76. The van der Waals surface area contributed by atoms with Crippen LogP contribution < -0.4 is 9.64 Å². The number of carbonyl (C=O) groups excluding carboxylic acids is 2. The number of nitrogens with one attached hydrogen (secondary N) is 1. The maximum absolute atomic E-state index is 14.2. The van der Waals surface area contributed by atoms with E-state index in [1.165, 1.54) is 13.3 Å². The van der Waals surface area contributed by atoms with Gasteiger partial charge in [-0.1, -0.05) is 6.92 Å². The van der Waals surface area contributed by atoms with Crippen molar-refractivity contribution in [2.75, 3.05) is 25.1 Å². The third-order valence-electron chi connectivity index (χ3n) is 7.11. The highest BCUT2D eigenvalue weighted by molar-refractivity contribution is 5.93. The van der Waals surface area contributed by atoms with E-state index in [1.807, 2.05) is 19.1 Å². The van der Waals surface area contributed by atoms with E-state index in [4.69, 9.17) is 9.47 Å². The van der Waals surface area contributed by atoms with Gasteiger partial charge >= 0.3 is 5.97 Å². The number of aromatic amines is 1. The van der Waals surface area contributed by atoms with E-state index in [-0.39, 0.29) is 17.2 Å². The number of rotatable bonds is 4. The fourth-order valence-electron chi connectivity index (χ4n) is 5.12. The molecule has 32 heavy (non-hydrogen) atoms. The van der Waals surface area contributed by atoms with E-state index in [1.54, 1.807) is 12.3 Å². The summed E-state index contributed by atoms with van der Waals surface area (Å²) in [6.45, 7) is 3.57. The fraction of sp³-hybridized carbons (Fsp3) is 0.458. The lowest BCUT2D eigenvalue weighted by Crippen LogP contribution is -2.47. The predicted molar refractivity (Wildman–Crippen MR) is 118 cm³/mol. The van der Waals surface area contributed by atoms with Crippen LogP contribution in [-0.2, 0) is 9.53 Å². The first kappa shape index (κ1) is 20.7. The molecule has 2 fully saturated rings. The van der Waals surface area contributed by atoms with Crippen molar-refractivity contribution in [3.05, 3.63) is 41.3 Å². The lowest BCUT2D eigenvalue weighted by atomic mass is 9.62. The minimum absolute atomic E-state index is 0.186. The van der Waals surface area contributed by atoms with E-state index < -0.39 is 12.1 Å². The molecule has 2 atom stereocenters. The molecule has 1 aliphatic carbocycles. The average Bonchev–Trinajstić information content (AvgIpc) is 3.16. The Morgan fingerprint density at radius 1 is 1.28 bits per heavy atom. The summed E-state index contributed by atoms with van der Waals surface area (Å²) in [6, 6.07) is 5.45. The Morgan fingerprint density at radius 2 is 2.03 bits per heavy atom. The molecule has 8 heteroatoms. The monoisotopic (exact) mass is 439 g/mol. The number of halogens is 1. The van der Waals surface area contributed by atoms with Gasteiger partial charge in [-0.05, 0) is 30.4 Å². The minimum Gasteiger partial charge on any atom is -0.483 e. The summed E-state index contributed by atoms with van der Waals surface area (Å²) in [5.41, 5.74) is 1.92. The molecule has 0 radical (unpaired) electrons. The van der Waals surface area contributed by atoms with Crippen molar-refractivity contribution in [2.24, 2.45) is 10.4 Å². The van der Waals surface area contributed by atoms with E-state index >= 15 is 0 Å². The Kier molecular flexibility index (Phi) is 5.03. The van der Waals surface area contributed by atoms with Gasteiger partial charge < -0.3 is 19.4 Å². The summed E-state index contributed by atoms with van der Waals surface area (Å²) in [5, 5.41) is 0. The number of aliphatic imine (C=N–C) groups is 1. The van der Waals surface area contributed by atoms with Gasteiger partial charge in [-0.15, -0.1) is 0 Å². The maximum Gasteiger partial charge on any atom is 0.341 e. The van der Waals surface area contributed by atoms with E-state index in [0.717, 1.165) is 31.6 Å². The van der Waals surface area contributed by atoms with E-state index in [2.05, 4.69) is 14.9 Å². The highest BCUT2D eigenvalue weighted by Gasteiger charge is 2.45. The molecule has 2 aliphatic heterocycles. The van der Waals surface area contributed by atoms with Crippen molar-refractivity contribution in [1.29, 1.82) is 0 Å². The van der Waals surface area contributed by atoms with Crippen LogP contribution in [0.5, 0.6) is 5.75 Å². The van der Waals surface area contributed by atoms with Crippen molar-refractivity contribution in [3.63, 3.8) is 0 Å². The van der Waals surface area contributed by atoms with Crippen LogP contribution in [0, 0.1) is 11.2 Å². The predicted octanol–water partition coefficient (Wildman–Crippen LogP) is 4.16. The first-order valence-corrected chi connectivity index (χ1v) is 11.0. The molecule has 1 N–H and O–H groups in total. The second-order valence-electron chi connectivity index (χ2n) is 9.10. The maximum atomic E-state index is 14.2. The number of H-pyrrole nitrogens is 1. The van der Waals surface area contributed by atoms with Gasteiger partial charge in [-0.2, -0.15) is 0 Å². The number of anilines is 1. The summed E-state index contributed by atoms with van der Waals surface area (Å²) in [7, 11) is 1.33. The van der Waals surface area contributed by atoms with E-state index in [0.29, 0.717) is 41.3 Å². The molecule has 3 heterocycles. The van der Waals surface area contributed by atoms with Crippen LogP contribution in [-0.4, -0.2) is 49.3 Å². The quantitative estimate of drug-likeness (QED) is 0.724. The molecular weight excluding hydrogens is 413 g/mol. The van der Waals surface area contributed by atoms with Crippen LogP contribution in [0.1, 0.15) is 54.4 Å². The molecule has 1 saturated heterocycles. The Balaban J connectivity index is 1.39. The Hall–Kier alpha value is -3.16. The van der Waals surface area contributed by atoms with Crippen molar-refractivity contribution >= 4 is 29.5 Å². The number of hydrogen-bond acceptors (Lipinski definition) is 6. The molecule has 1 aromatic heterocycles. The first-order chi connectivity index (χ1) is 15.4. The molecule has 0 amide bonds. The number of methoxy groups -OCH3 is 1.